The Kier molecular flexibility index (Phi) is 8.34. The fourth-order valence-corrected chi connectivity index (χ4v) is 12.3. The molecule has 0 aliphatic heterocycles. The lowest BCUT2D eigenvalue weighted by molar-refractivity contribution is -0.163. The first-order valence-corrected chi connectivity index (χ1v) is 25.6. The fraction of sp³-hybridized carbons (Fsp3) is 0.967. The summed E-state index contributed by atoms with van der Waals surface area (Å²) in [5.41, 5.74) is 0.209. The van der Waals surface area contributed by atoms with E-state index in [2.05, 4.69) is 72.8 Å². The molecule has 0 heterocycles. The summed E-state index contributed by atoms with van der Waals surface area (Å²) >= 11 is 0. The number of hydrogen-bond acceptors (Lipinski definition) is 4. The molecule has 0 N–H and O–H groups in total. The van der Waals surface area contributed by atoms with Crippen molar-refractivity contribution in [2.45, 2.75) is 136 Å². The molecule has 3 unspecified atom stereocenters. The molecular weight excluding hydrogens is 509 g/mol. The van der Waals surface area contributed by atoms with Gasteiger partial charge in [-0.3, -0.25) is 4.79 Å². The van der Waals surface area contributed by atoms with Gasteiger partial charge in [0.2, 0.25) is 0 Å². The molecule has 4 fully saturated rings. The van der Waals surface area contributed by atoms with E-state index in [1.807, 2.05) is 0 Å². The summed E-state index contributed by atoms with van der Waals surface area (Å²) in [6, 6.07) is 0. The summed E-state index contributed by atoms with van der Waals surface area (Å²) in [7, 11) is -4.93. The van der Waals surface area contributed by atoms with Gasteiger partial charge in [0.25, 0.3) is 0 Å². The zero-order valence-corrected chi connectivity index (χ0v) is 29.0. The number of rotatable bonds is 8. The number of carbonyl (C=O) groups is 1. The van der Waals surface area contributed by atoms with E-state index in [0.29, 0.717) is 42.2 Å². The molecule has 0 bridgehead atoms. The summed E-state index contributed by atoms with van der Waals surface area (Å²) < 4.78 is 19.9. The van der Waals surface area contributed by atoms with E-state index in [9.17, 15) is 4.79 Å². The Morgan fingerprint density at radius 2 is 1.51 bits per heavy atom. The van der Waals surface area contributed by atoms with Crippen LogP contribution in [-0.2, 0) is 18.1 Å². The van der Waals surface area contributed by atoms with Crippen molar-refractivity contribution < 1.29 is 18.1 Å². The van der Waals surface area contributed by atoms with Gasteiger partial charge in [-0.15, -0.1) is 0 Å². The number of carbonyl (C=O) groups excluding carboxylic acids is 1. The second-order valence-corrected chi connectivity index (χ2v) is 30.1. The van der Waals surface area contributed by atoms with Gasteiger partial charge < -0.3 is 13.3 Å². The lowest BCUT2D eigenvalue weighted by Crippen LogP contribution is -2.59. The van der Waals surface area contributed by atoms with Gasteiger partial charge in [-0.1, -0.05) is 13.8 Å². The van der Waals surface area contributed by atoms with E-state index in [0.717, 1.165) is 19.3 Å². The molecule has 214 valence electrons. The molecule has 0 saturated heterocycles. The zero-order valence-electron chi connectivity index (χ0n) is 26.0. The Morgan fingerprint density at radius 1 is 0.838 bits per heavy atom. The van der Waals surface area contributed by atoms with Crippen LogP contribution in [0, 0.1) is 40.4 Å². The van der Waals surface area contributed by atoms with Crippen LogP contribution in [0.15, 0.2) is 0 Å². The average molecular weight is 567 g/mol. The minimum absolute atomic E-state index is 0.0483. The monoisotopic (exact) mass is 566 g/mol. The highest BCUT2D eigenvalue weighted by Crippen LogP contribution is 2.67. The predicted molar refractivity (Wildman–Crippen MR) is 161 cm³/mol. The van der Waals surface area contributed by atoms with E-state index in [-0.39, 0.29) is 22.9 Å². The molecule has 9 atom stereocenters. The lowest BCUT2D eigenvalue weighted by Gasteiger charge is -2.60. The van der Waals surface area contributed by atoms with Gasteiger partial charge in [-0.05, 0) is 138 Å². The molecule has 0 aromatic carbocycles. The van der Waals surface area contributed by atoms with Crippen LogP contribution in [0.2, 0.25) is 58.9 Å². The SMILES string of the molecule is C[C@]12CC(=O)[C@H]3[C@@H](CCC4CC(O[Si](C)(C)C)CC[C@@]43C)[C@@H]1CC[C@@H]2C(CO[Si](C)(C)C)O[Si](C)(C)C. The maximum Gasteiger partial charge on any atom is 0.184 e. The van der Waals surface area contributed by atoms with Gasteiger partial charge in [-0.25, -0.2) is 0 Å². The van der Waals surface area contributed by atoms with Crippen molar-refractivity contribution in [1.29, 1.82) is 0 Å². The van der Waals surface area contributed by atoms with Gasteiger partial charge in [0.1, 0.15) is 5.78 Å². The van der Waals surface area contributed by atoms with Crippen molar-refractivity contribution in [1.82, 2.24) is 0 Å². The van der Waals surface area contributed by atoms with E-state index in [4.69, 9.17) is 13.3 Å². The van der Waals surface area contributed by atoms with Gasteiger partial charge >= 0.3 is 0 Å². The maximum atomic E-state index is 14.2. The molecule has 4 nitrogen and oxygen atoms in total. The zero-order chi connectivity index (χ0) is 27.6. The molecular formula is C30H58O4Si3. The van der Waals surface area contributed by atoms with E-state index in [1.165, 1.54) is 32.1 Å². The summed E-state index contributed by atoms with van der Waals surface area (Å²) in [6.07, 6.45) is 9.71. The largest absolute Gasteiger partial charge is 0.415 e. The minimum atomic E-state index is -1.74. The summed E-state index contributed by atoms with van der Waals surface area (Å²) in [5, 5.41) is 0. The first-order chi connectivity index (χ1) is 16.8. The molecule has 4 aliphatic rings. The summed E-state index contributed by atoms with van der Waals surface area (Å²) in [4.78, 5) is 14.2. The standard InChI is InChI=1S/C30H58O4Si3/c1-29-17-16-22(33-36(6,7)8)18-21(29)12-13-23-24-14-15-25(30(24,2)19-26(31)28(23)29)27(34-37(9,10)11)20-32-35(3,4)5/h21-25,27-28H,12-20H2,1-11H3/t21?,22?,23-,24-,25+,27?,28+,29-,30-/m0/s1. The Balaban J connectivity index is 1.55. The van der Waals surface area contributed by atoms with E-state index in [1.54, 1.807) is 0 Å². The van der Waals surface area contributed by atoms with Crippen LogP contribution in [0.3, 0.4) is 0 Å². The Hall–Kier alpha value is 0.201. The quantitative estimate of drug-likeness (QED) is 0.278. The Morgan fingerprint density at radius 3 is 2.11 bits per heavy atom. The minimum Gasteiger partial charge on any atom is -0.415 e. The number of fused-ring (bicyclic) bond motifs is 5. The first-order valence-electron chi connectivity index (χ1n) is 15.3. The third kappa shape index (κ3) is 6.42. The van der Waals surface area contributed by atoms with E-state index < -0.39 is 25.0 Å². The predicted octanol–water partition coefficient (Wildman–Crippen LogP) is 8.12. The van der Waals surface area contributed by atoms with Crippen LogP contribution in [-0.4, -0.2) is 49.6 Å². The average Bonchev–Trinajstić information content (AvgIpc) is 3.05. The molecule has 7 heteroatoms. The van der Waals surface area contributed by atoms with Crippen LogP contribution >= 0.6 is 0 Å². The van der Waals surface area contributed by atoms with Crippen LogP contribution in [0.25, 0.3) is 0 Å². The molecule has 37 heavy (non-hydrogen) atoms. The molecule has 0 radical (unpaired) electrons. The number of hydrogen-bond donors (Lipinski definition) is 0. The smallest absolute Gasteiger partial charge is 0.184 e. The van der Waals surface area contributed by atoms with Gasteiger partial charge in [0.15, 0.2) is 25.0 Å². The van der Waals surface area contributed by atoms with E-state index >= 15 is 0 Å². The van der Waals surface area contributed by atoms with Crippen molar-refractivity contribution in [3.63, 3.8) is 0 Å². The topological polar surface area (TPSA) is 44.8 Å². The summed E-state index contributed by atoms with van der Waals surface area (Å²) in [6.45, 7) is 26.3. The van der Waals surface area contributed by atoms with Crippen molar-refractivity contribution in [2.75, 3.05) is 6.61 Å². The molecule has 4 saturated carbocycles. The first kappa shape index (κ1) is 30.2. The van der Waals surface area contributed by atoms with Gasteiger partial charge in [0.05, 0.1) is 12.7 Å². The maximum absolute atomic E-state index is 14.2. The van der Waals surface area contributed by atoms with Crippen molar-refractivity contribution >= 4 is 30.7 Å². The van der Waals surface area contributed by atoms with Crippen LogP contribution in [0.1, 0.15) is 65.2 Å². The van der Waals surface area contributed by atoms with Crippen LogP contribution < -0.4 is 0 Å². The summed E-state index contributed by atoms with van der Waals surface area (Å²) in [5.74, 6) is 3.10. The number of Topliss-reactive ketones (excluding diaryl/α,β-unsaturated/α-hetero) is 1. The number of ketones is 1. The molecule has 0 aromatic rings. The third-order valence-electron chi connectivity index (χ3n) is 10.5. The molecule has 4 aliphatic carbocycles. The van der Waals surface area contributed by atoms with Crippen molar-refractivity contribution in [3.05, 3.63) is 0 Å². The van der Waals surface area contributed by atoms with Crippen LogP contribution in [0.4, 0.5) is 0 Å². The molecule has 4 rings (SSSR count). The van der Waals surface area contributed by atoms with Crippen molar-refractivity contribution in [3.8, 4) is 0 Å². The van der Waals surface area contributed by atoms with Gasteiger partial charge in [0, 0.05) is 18.4 Å². The van der Waals surface area contributed by atoms with Gasteiger partial charge in [-0.2, -0.15) is 0 Å². The third-order valence-corrected chi connectivity index (χ3v) is 13.6. The highest BCUT2D eigenvalue weighted by molar-refractivity contribution is 6.70. The van der Waals surface area contributed by atoms with Crippen LogP contribution in [0.5, 0.6) is 0 Å². The Labute approximate surface area is 231 Å². The second-order valence-electron chi connectivity index (χ2n) is 16.7. The fourth-order valence-electron chi connectivity index (χ4n) is 9.31. The highest BCUT2D eigenvalue weighted by atomic mass is 28.4. The highest BCUT2D eigenvalue weighted by Gasteiger charge is 2.64. The second kappa shape index (κ2) is 10.2. The molecule has 0 aromatic heterocycles. The Bertz CT molecular complexity index is 843. The lowest BCUT2D eigenvalue weighted by atomic mass is 9.44. The van der Waals surface area contributed by atoms with Crippen molar-refractivity contribution in [2.24, 2.45) is 40.4 Å². The molecule has 0 spiro atoms. The normalized spacial score (nSPS) is 41.6. The molecule has 0 amide bonds.